The van der Waals surface area contributed by atoms with Crippen LogP contribution in [0.3, 0.4) is 0 Å². The van der Waals surface area contributed by atoms with Gasteiger partial charge in [0.1, 0.15) is 6.61 Å². The van der Waals surface area contributed by atoms with Crippen molar-refractivity contribution in [3.63, 3.8) is 0 Å². The second-order valence-electron chi connectivity index (χ2n) is 5.13. The van der Waals surface area contributed by atoms with E-state index in [1.807, 2.05) is 0 Å². The minimum atomic E-state index is -1.24. The Kier molecular flexibility index (Phi) is 7.64. The van der Waals surface area contributed by atoms with Gasteiger partial charge in [0.25, 0.3) is 0 Å². The van der Waals surface area contributed by atoms with Crippen molar-refractivity contribution in [1.29, 1.82) is 0 Å². The Morgan fingerprint density at radius 2 is 1.83 bits per heavy atom. The zero-order chi connectivity index (χ0) is 18.1. The van der Waals surface area contributed by atoms with Crippen LogP contribution in [0.25, 0.3) is 0 Å². The van der Waals surface area contributed by atoms with Crippen LogP contribution in [0.2, 0.25) is 0 Å². The minimum absolute atomic E-state index is 0.0783. The first-order valence-electron chi connectivity index (χ1n) is 7.35. The smallest absolute Gasteiger partial charge is 0.339 e. The lowest BCUT2D eigenvalue weighted by atomic mass is 10.1. The van der Waals surface area contributed by atoms with Gasteiger partial charge in [-0.05, 0) is 31.9 Å². The van der Waals surface area contributed by atoms with Crippen molar-refractivity contribution in [2.45, 2.75) is 32.0 Å². The molecule has 0 heterocycles. The van der Waals surface area contributed by atoms with Crippen LogP contribution in [0.1, 0.15) is 40.5 Å². The average Bonchev–Trinajstić information content (AvgIpc) is 2.57. The summed E-state index contributed by atoms with van der Waals surface area (Å²) in [7, 11) is 0. The highest BCUT2D eigenvalue weighted by molar-refractivity contribution is 6.02. The summed E-state index contributed by atoms with van der Waals surface area (Å²) in [6.07, 6.45) is 0.322. The third kappa shape index (κ3) is 6.21. The molecule has 0 spiro atoms. The SMILES string of the molecule is C=CC(=O)OC(C)CCC(O)COC(=O)c1ccccc1C(=O)O. The Hall–Kier alpha value is -2.67. The fraction of sp³-hybridized carbons (Fsp3) is 0.353. The summed E-state index contributed by atoms with van der Waals surface area (Å²) in [6.45, 7) is 4.67. The Labute approximate surface area is 139 Å². The van der Waals surface area contributed by atoms with E-state index in [0.717, 1.165) is 6.08 Å². The lowest BCUT2D eigenvalue weighted by Crippen LogP contribution is -2.22. The Morgan fingerprint density at radius 1 is 1.21 bits per heavy atom. The third-order valence-corrected chi connectivity index (χ3v) is 3.17. The van der Waals surface area contributed by atoms with Crippen LogP contribution in [0, 0.1) is 0 Å². The van der Waals surface area contributed by atoms with Crippen molar-refractivity contribution >= 4 is 17.9 Å². The number of aliphatic hydroxyl groups excluding tert-OH is 1. The van der Waals surface area contributed by atoms with E-state index in [1.54, 1.807) is 6.92 Å². The maximum Gasteiger partial charge on any atom is 0.339 e. The molecule has 24 heavy (non-hydrogen) atoms. The molecular weight excluding hydrogens is 316 g/mol. The molecule has 0 fully saturated rings. The van der Waals surface area contributed by atoms with E-state index >= 15 is 0 Å². The van der Waals surface area contributed by atoms with Crippen LogP contribution in [0.5, 0.6) is 0 Å². The molecule has 1 rings (SSSR count). The van der Waals surface area contributed by atoms with Crippen LogP contribution in [-0.4, -0.2) is 46.9 Å². The van der Waals surface area contributed by atoms with E-state index in [-0.39, 0.29) is 24.2 Å². The predicted octanol–water partition coefficient (Wildman–Crippen LogP) is 1.80. The number of carboxylic acid groups (broad SMARTS) is 1. The van der Waals surface area contributed by atoms with E-state index in [2.05, 4.69) is 6.58 Å². The minimum Gasteiger partial charge on any atom is -0.478 e. The van der Waals surface area contributed by atoms with Crippen molar-refractivity contribution in [1.82, 2.24) is 0 Å². The van der Waals surface area contributed by atoms with Crippen molar-refractivity contribution in [3.8, 4) is 0 Å². The Bertz CT molecular complexity index is 609. The molecule has 7 heteroatoms. The molecule has 0 amide bonds. The first kappa shape index (κ1) is 19.4. The van der Waals surface area contributed by atoms with Gasteiger partial charge in [0.05, 0.1) is 23.3 Å². The third-order valence-electron chi connectivity index (χ3n) is 3.17. The number of rotatable bonds is 9. The summed E-state index contributed by atoms with van der Waals surface area (Å²) >= 11 is 0. The Morgan fingerprint density at radius 3 is 2.42 bits per heavy atom. The average molecular weight is 336 g/mol. The predicted molar refractivity (Wildman–Crippen MR) is 84.7 cm³/mol. The topological polar surface area (TPSA) is 110 Å². The number of aliphatic hydroxyl groups is 1. The first-order valence-corrected chi connectivity index (χ1v) is 7.35. The first-order chi connectivity index (χ1) is 11.3. The molecule has 0 aliphatic carbocycles. The molecule has 2 N–H and O–H groups in total. The van der Waals surface area contributed by atoms with Crippen LogP contribution < -0.4 is 0 Å². The van der Waals surface area contributed by atoms with Crippen LogP contribution >= 0.6 is 0 Å². The number of carboxylic acids is 1. The largest absolute Gasteiger partial charge is 0.478 e. The summed E-state index contributed by atoms with van der Waals surface area (Å²) < 4.78 is 9.88. The normalized spacial score (nSPS) is 12.8. The molecule has 1 aromatic carbocycles. The molecular formula is C17H20O7. The van der Waals surface area contributed by atoms with Gasteiger partial charge in [-0.3, -0.25) is 0 Å². The van der Waals surface area contributed by atoms with Gasteiger partial charge < -0.3 is 19.7 Å². The van der Waals surface area contributed by atoms with Gasteiger partial charge in [-0.2, -0.15) is 0 Å². The van der Waals surface area contributed by atoms with Crippen molar-refractivity contribution in [2.24, 2.45) is 0 Å². The molecule has 2 unspecified atom stereocenters. The van der Waals surface area contributed by atoms with Gasteiger partial charge >= 0.3 is 17.9 Å². The maximum atomic E-state index is 11.9. The van der Waals surface area contributed by atoms with Crippen molar-refractivity contribution < 1.29 is 34.1 Å². The van der Waals surface area contributed by atoms with Crippen LogP contribution in [0.15, 0.2) is 36.9 Å². The quantitative estimate of drug-likeness (QED) is 0.522. The second-order valence-corrected chi connectivity index (χ2v) is 5.13. The van der Waals surface area contributed by atoms with Gasteiger partial charge in [0.2, 0.25) is 0 Å². The van der Waals surface area contributed by atoms with E-state index in [1.165, 1.54) is 24.3 Å². The monoisotopic (exact) mass is 336 g/mol. The molecule has 0 aromatic heterocycles. The van der Waals surface area contributed by atoms with E-state index in [4.69, 9.17) is 14.6 Å². The Balaban J connectivity index is 2.46. The molecule has 0 saturated carbocycles. The molecule has 7 nitrogen and oxygen atoms in total. The summed E-state index contributed by atoms with van der Waals surface area (Å²) in [5.41, 5.74) is -0.243. The molecule has 0 radical (unpaired) electrons. The second kappa shape index (κ2) is 9.46. The highest BCUT2D eigenvalue weighted by Crippen LogP contribution is 2.12. The fourth-order valence-corrected chi connectivity index (χ4v) is 1.91. The summed E-state index contributed by atoms with van der Waals surface area (Å²) in [5, 5.41) is 18.8. The molecule has 0 bridgehead atoms. The summed E-state index contributed by atoms with van der Waals surface area (Å²) in [5.74, 6) is -2.60. The number of hydrogen-bond acceptors (Lipinski definition) is 6. The number of ether oxygens (including phenoxy) is 2. The number of carbonyl (C=O) groups excluding carboxylic acids is 2. The number of carbonyl (C=O) groups is 3. The molecule has 2 atom stereocenters. The van der Waals surface area contributed by atoms with E-state index in [9.17, 15) is 19.5 Å². The van der Waals surface area contributed by atoms with Crippen molar-refractivity contribution in [2.75, 3.05) is 6.61 Å². The molecule has 0 saturated heterocycles. The van der Waals surface area contributed by atoms with Gasteiger partial charge in [-0.15, -0.1) is 0 Å². The molecule has 130 valence electrons. The van der Waals surface area contributed by atoms with Gasteiger partial charge in [0, 0.05) is 6.08 Å². The molecule has 0 aliphatic rings. The molecule has 1 aromatic rings. The summed E-state index contributed by atoms with van der Waals surface area (Å²) in [4.78, 5) is 34.0. The zero-order valence-electron chi connectivity index (χ0n) is 13.3. The number of benzene rings is 1. The molecule has 0 aliphatic heterocycles. The van der Waals surface area contributed by atoms with Crippen LogP contribution in [-0.2, 0) is 14.3 Å². The maximum absolute atomic E-state index is 11.9. The standard InChI is InChI=1S/C17H20O7/c1-3-15(19)24-11(2)8-9-12(18)10-23-17(22)14-7-5-4-6-13(14)16(20)21/h3-7,11-12,18H,1,8-10H2,2H3,(H,20,21). The fourth-order valence-electron chi connectivity index (χ4n) is 1.91. The lowest BCUT2D eigenvalue weighted by Gasteiger charge is -2.15. The lowest BCUT2D eigenvalue weighted by molar-refractivity contribution is -0.142. The van der Waals surface area contributed by atoms with E-state index < -0.39 is 30.1 Å². The van der Waals surface area contributed by atoms with Crippen LogP contribution in [0.4, 0.5) is 0 Å². The van der Waals surface area contributed by atoms with Gasteiger partial charge in [-0.1, -0.05) is 18.7 Å². The number of aromatic carboxylic acids is 1. The number of hydrogen-bond donors (Lipinski definition) is 2. The van der Waals surface area contributed by atoms with E-state index in [0.29, 0.717) is 6.42 Å². The van der Waals surface area contributed by atoms with Gasteiger partial charge in [0.15, 0.2) is 0 Å². The summed E-state index contributed by atoms with van der Waals surface area (Å²) in [6, 6.07) is 5.66. The number of esters is 2. The highest BCUT2D eigenvalue weighted by Gasteiger charge is 2.18. The van der Waals surface area contributed by atoms with Gasteiger partial charge in [-0.25, -0.2) is 14.4 Å². The zero-order valence-corrected chi connectivity index (χ0v) is 13.3. The highest BCUT2D eigenvalue weighted by atomic mass is 16.5. The van der Waals surface area contributed by atoms with Crippen molar-refractivity contribution in [3.05, 3.63) is 48.0 Å².